The van der Waals surface area contributed by atoms with Crippen LogP contribution in [0.2, 0.25) is 0 Å². The van der Waals surface area contributed by atoms with Gasteiger partial charge in [0.25, 0.3) is 5.91 Å². The Labute approximate surface area is 161 Å². The molecule has 0 bridgehead atoms. The van der Waals surface area contributed by atoms with Crippen molar-refractivity contribution in [1.29, 1.82) is 0 Å². The average Bonchev–Trinajstić information content (AvgIpc) is 2.68. The summed E-state index contributed by atoms with van der Waals surface area (Å²) in [6.45, 7) is 4.44. The number of carbonyl (C=O) groups is 2. The predicted molar refractivity (Wildman–Crippen MR) is 102 cm³/mol. The van der Waals surface area contributed by atoms with Crippen molar-refractivity contribution < 1.29 is 14.0 Å². The molecule has 1 atom stereocenters. The highest BCUT2D eigenvalue weighted by atomic mass is 19.1. The molecule has 0 radical (unpaired) electrons. The number of hydrogen-bond acceptors (Lipinski definition) is 4. The van der Waals surface area contributed by atoms with Crippen molar-refractivity contribution >= 4 is 22.8 Å². The van der Waals surface area contributed by atoms with E-state index in [0.717, 1.165) is 11.4 Å². The number of aromatic nitrogens is 2. The largest absolute Gasteiger partial charge is 0.352 e. The molecule has 2 heterocycles. The van der Waals surface area contributed by atoms with Gasteiger partial charge in [-0.15, -0.1) is 0 Å². The van der Waals surface area contributed by atoms with Crippen LogP contribution in [0.5, 0.6) is 0 Å². The molecule has 142 valence electrons. The lowest BCUT2D eigenvalue weighted by Gasteiger charge is -2.35. The molecule has 1 aromatic heterocycles. The van der Waals surface area contributed by atoms with Gasteiger partial charge in [0.05, 0.1) is 22.4 Å². The van der Waals surface area contributed by atoms with E-state index in [1.54, 1.807) is 24.3 Å². The Kier molecular flexibility index (Phi) is 4.50. The van der Waals surface area contributed by atoms with Crippen molar-refractivity contribution in [3.8, 4) is 0 Å². The lowest BCUT2D eigenvalue weighted by atomic mass is 10.0. The van der Waals surface area contributed by atoms with E-state index in [1.807, 2.05) is 13.8 Å². The zero-order valence-electron chi connectivity index (χ0n) is 15.6. The third-order valence-corrected chi connectivity index (χ3v) is 4.96. The van der Waals surface area contributed by atoms with Gasteiger partial charge in [-0.05, 0) is 49.7 Å². The molecular weight excluding hydrogens is 359 g/mol. The number of nitrogens with one attached hydrogen (secondary N) is 1. The maximum atomic E-state index is 13.7. The van der Waals surface area contributed by atoms with Gasteiger partial charge in [0.1, 0.15) is 11.9 Å². The minimum Gasteiger partial charge on any atom is -0.352 e. The van der Waals surface area contributed by atoms with Crippen LogP contribution in [0.15, 0.2) is 42.5 Å². The highest BCUT2D eigenvalue weighted by Gasteiger charge is 2.35. The molecule has 0 unspecified atom stereocenters. The van der Waals surface area contributed by atoms with Crippen molar-refractivity contribution in [3.05, 3.63) is 70.8 Å². The third-order valence-electron chi connectivity index (χ3n) is 4.96. The van der Waals surface area contributed by atoms with Gasteiger partial charge in [-0.1, -0.05) is 12.1 Å². The highest BCUT2D eigenvalue weighted by molar-refractivity contribution is 6.00. The van der Waals surface area contributed by atoms with Gasteiger partial charge in [0, 0.05) is 18.7 Å². The van der Waals surface area contributed by atoms with Gasteiger partial charge < -0.3 is 10.2 Å². The van der Waals surface area contributed by atoms with Crippen molar-refractivity contribution in [2.75, 3.05) is 13.1 Å². The molecule has 6 nitrogen and oxygen atoms in total. The summed E-state index contributed by atoms with van der Waals surface area (Å²) in [4.78, 5) is 36.2. The number of rotatable bonds is 2. The molecule has 1 N–H and O–H groups in total. The molecule has 4 rings (SSSR count). The maximum Gasteiger partial charge on any atom is 0.254 e. The van der Waals surface area contributed by atoms with Gasteiger partial charge in [-0.25, -0.2) is 14.4 Å². The first-order valence-corrected chi connectivity index (χ1v) is 9.03. The number of hydrogen-bond donors (Lipinski definition) is 1. The normalized spacial score (nSPS) is 16.9. The summed E-state index contributed by atoms with van der Waals surface area (Å²) in [7, 11) is 0. The summed E-state index contributed by atoms with van der Waals surface area (Å²) in [6.07, 6.45) is 0. The fraction of sp³-hybridized carbons (Fsp3) is 0.238. The van der Waals surface area contributed by atoms with Gasteiger partial charge in [0.15, 0.2) is 0 Å². The molecule has 28 heavy (non-hydrogen) atoms. The van der Waals surface area contributed by atoms with E-state index in [1.165, 1.54) is 23.1 Å². The van der Waals surface area contributed by atoms with Crippen LogP contribution in [0.3, 0.4) is 0 Å². The second kappa shape index (κ2) is 6.99. The number of piperazine rings is 1. The summed E-state index contributed by atoms with van der Waals surface area (Å²) >= 11 is 0. The second-order valence-electron chi connectivity index (χ2n) is 6.85. The highest BCUT2D eigenvalue weighted by Crippen LogP contribution is 2.26. The first-order chi connectivity index (χ1) is 13.4. The molecule has 0 spiro atoms. The fourth-order valence-electron chi connectivity index (χ4n) is 3.42. The van der Waals surface area contributed by atoms with E-state index in [9.17, 15) is 14.0 Å². The molecule has 1 saturated heterocycles. The maximum absolute atomic E-state index is 13.7. The lowest BCUT2D eigenvalue weighted by Crippen LogP contribution is -2.52. The van der Waals surface area contributed by atoms with Crippen LogP contribution in [0, 0.1) is 19.7 Å². The molecule has 7 heteroatoms. The van der Waals surface area contributed by atoms with Gasteiger partial charge >= 0.3 is 0 Å². The van der Waals surface area contributed by atoms with Crippen LogP contribution in [0.1, 0.15) is 33.4 Å². The smallest absolute Gasteiger partial charge is 0.254 e. The molecule has 3 aromatic rings. The monoisotopic (exact) mass is 378 g/mol. The lowest BCUT2D eigenvalue weighted by molar-refractivity contribution is -0.128. The van der Waals surface area contributed by atoms with Crippen molar-refractivity contribution in [2.45, 2.75) is 19.9 Å². The summed E-state index contributed by atoms with van der Waals surface area (Å²) in [5.41, 5.74) is 3.83. The SMILES string of the molecule is Cc1nc2ccc(C(=O)N3CCNC(=O)[C@H]3c3cccc(F)c3)cc2nc1C. The van der Waals surface area contributed by atoms with Crippen molar-refractivity contribution in [2.24, 2.45) is 0 Å². The van der Waals surface area contributed by atoms with Gasteiger partial charge in [0.2, 0.25) is 5.91 Å². The number of carbonyl (C=O) groups excluding carboxylic acids is 2. The van der Waals surface area contributed by atoms with Crippen molar-refractivity contribution in [1.82, 2.24) is 20.2 Å². The van der Waals surface area contributed by atoms with Crippen LogP contribution in [-0.4, -0.2) is 39.8 Å². The zero-order valence-corrected chi connectivity index (χ0v) is 15.6. The summed E-state index contributed by atoms with van der Waals surface area (Å²) < 4.78 is 13.7. The topological polar surface area (TPSA) is 75.2 Å². The first kappa shape index (κ1) is 18.0. The van der Waals surface area contributed by atoms with Crippen LogP contribution in [-0.2, 0) is 4.79 Å². The molecular formula is C21H19FN4O2. The Morgan fingerprint density at radius 1 is 1.11 bits per heavy atom. The Hall–Kier alpha value is -3.35. The van der Waals surface area contributed by atoms with E-state index in [4.69, 9.17) is 0 Å². The molecule has 1 fully saturated rings. The number of benzene rings is 2. The Morgan fingerprint density at radius 3 is 2.61 bits per heavy atom. The first-order valence-electron chi connectivity index (χ1n) is 9.03. The molecule has 2 aromatic carbocycles. The number of halogens is 1. The number of nitrogens with zero attached hydrogens (tertiary/aromatic N) is 3. The molecule has 0 aliphatic carbocycles. The molecule has 1 aliphatic rings. The summed E-state index contributed by atoms with van der Waals surface area (Å²) in [6, 6.07) is 10.0. The van der Waals surface area contributed by atoms with Crippen LogP contribution in [0.25, 0.3) is 11.0 Å². The number of aryl methyl sites for hydroxylation is 2. The minimum atomic E-state index is -0.876. The molecule has 2 amide bonds. The fourth-order valence-corrected chi connectivity index (χ4v) is 3.42. The standard InChI is InChI=1S/C21H19FN4O2/c1-12-13(2)25-18-11-15(6-7-17(18)24-12)21(28)26-9-8-23-20(27)19(26)14-4-3-5-16(22)10-14/h3-7,10-11,19H,8-9H2,1-2H3,(H,23,27)/t19-/m1/s1. The van der Waals surface area contributed by atoms with E-state index in [-0.39, 0.29) is 11.8 Å². The minimum absolute atomic E-state index is 0.300. The van der Waals surface area contributed by atoms with Gasteiger partial charge in [-0.3, -0.25) is 9.59 Å². The van der Waals surface area contributed by atoms with Crippen LogP contribution >= 0.6 is 0 Å². The second-order valence-corrected chi connectivity index (χ2v) is 6.85. The quantitative estimate of drug-likeness (QED) is 0.744. The Bertz CT molecular complexity index is 1100. The van der Waals surface area contributed by atoms with Gasteiger partial charge in [-0.2, -0.15) is 0 Å². The average molecular weight is 378 g/mol. The Balaban J connectivity index is 1.73. The molecule has 1 aliphatic heterocycles. The van der Waals surface area contributed by atoms with Crippen LogP contribution in [0.4, 0.5) is 4.39 Å². The van der Waals surface area contributed by atoms with E-state index in [0.29, 0.717) is 35.2 Å². The van der Waals surface area contributed by atoms with Crippen LogP contribution < -0.4 is 5.32 Å². The van der Waals surface area contributed by atoms with E-state index < -0.39 is 11.9 Å². The number of amides is 2. The molecule has 0 saturated carbocycles. The summed E-state index contributed by atoms with van der Waals surface area (Å²) in [5.74, 6) is -1.07. The third kappa shape index (κ3) is 3.19. The predicted octanol–water partition coefficient (Wildman–Crippen LogP) is 2.70. The van der Waals surface area contributed by atoms with Crippen molar-refractivity contribution in [3.63, 3.8) is 0 Å². The zero-order chi connectivity index (χ0) is 19.8. The Morgan fingerprint density at radius 2 is 1.86 bits per heavy atom. The van der Waals surface area contributed by atoms with E-state index >= 15 is 0 Å². The number of fused-ring (bicyclic) bond motifs is 1. The summed E-state index contributed by atoms with van der Waals surface area (Å²) in [5, 5.41) is 2.75. The van der Waals surface area contributed by atoms with E-state index in [2.05, 4.69) is 15.3 Å².